The van der Waals surface area contributed by atoms with Gasteiger partial charge in [-0.25, -0.2) is 4.68 Å². The Labute approximate surface area is 182 Å². The summed E-state index contributed by atoms with van der Waals surface area (Å²) in [4.78, 5) is 13.6. The third kappa shape index (κ3) is 3.14. The van der Waals surface area contributed by atoms with E-state index in [1.165, 1.54) is 6.42 Å². The highest BCUT2D eigenvalue weighted by atomic mass is 16.1. The molecule has 0 saturated heterocycles. The molecule has 4 aromatic rings. The zero-order valence-electron chi connectivity index (χ0n) is 17.6. The summed E-state index contributed by atoms with van der Waals surface area (Å²) in [6, 6.07) is 28.2. The van der Waals surface area contributed by atoms with Crippen molar-refractivity contribution in [1.82, 2.24) is 9.78 Å². The molecule has 1 aliphatic carbocycles. The van der Waals surface area contributed by atoms with E-state index >= 15 is 0 Å². The van der Waals surface area contributed by atoms with Crippen molar-refractivity contribution in [3.8, 4) is 5.69 Å². The molecule has 1 amide bonds. The molecule has 0 bridgehead atoms. The fraction of sp³-hybridized carbons (Fsp3) is 0.259. The Morgan fingerprint density at radius 3 is 2.13 bits per heavy atom. The molecule has 0 spiro atoms. The van der Waals surface area contributed by atoms with E-state index in [-0.39, 0.29) is 11.8 Å². The summed E-state index contributed by atoms with van der Waals surface area (Å²) < 4.78 is 1.96. The number of hydrogen-bond donors (Lipinski definition) is 1. The van der Waals surface area contributed by atoms with E-state index in [1.54, 1.807) is 0 Å². The molecule has 1 aliphatic rings. The first kappa shape index (κ1) is 19.6. The minimum atomic E-state index is -0.951. The van der Waals surface area contributed by atoms with Crippen LogP contribution in [0.3, 0.4) is 0 Å². The fourth-order valence-electron chi connectivity index (χ4n) is 5.43. The number of aromatic nitrogens is 2. The van der Waals surface area contributed by atoms with Crippen molar-refractivity contribution >= 4 is 16.8 Å². The van der Waals surface area contributed by atoms with Crippen molar-refractivity contribution in [3.63, 3.8) is 0 Å². The summed E-state index contributed by atoms with van der Waals surface area (Å²) in [7, 11) is 0. The summed E-state index contributed by atoms with van der Waals surface area (Å²) >= 11 is 0. The van der Waals surface area contributed by atoms with E-state index in [0.29, 0.717) is 0 Å². The van der Waals surface area contributed by atoms with Crippen LogP contribution in [0.15, 0.2) is 84.9 Å². The molecule has 1 saturated carbocycles. The maximum Gasteiger partial charge on any atom is 0.234 e. The SMILES string of the molecule is NC(=O)C(c1ccccc1)(c1c2ccccc2nn1-c1ccccc1)C1CCCCC1. The van der Waals surface area contributed by atoms with E-state index in [0.717, 1.165) is 53.5 Å². The molecular weight excluding hydrogens is 382 g/mol. The minimum Gasteiger partial charge on any atom is -0.369 e. The number of benzene rings is 3. The molecule has 1 unspecified atom stereocenters. The highest BCUT2D eigenvalue weighted by Crippen LogP contribution is 2.48. The van der Waals surface area contributed by atoms with Gasteiger partial charge in [0.05, 0.1) is 16.9 Å². The van der Waals surface area contributed by atoms with Gasteiger partial charge < -0.3 is 5.73 Å². The quantitative estimate of drug-likeness (QED) is 0.481. The van der Waals surface area contributed by atoms with Gasteiger partial charge in [0.25, 0.3) is 0 Å². The average Bonchev–Trinajstić information content (AvgIpc) is 3.21. The van der Waals surface area contributed by atoms with Gasteiger partial charge >= 0.3 is 0 Å². The van der Waals surface area contributed by atoms with Gasteiger partial charge in [0, 0.05) is 5.39 Å². The van der Waals surface area contributed by atoms with Gasteiger partial charge in [0.1, 0.15) is 5.41 Å². The number of amides is 1. The van der Waals surface area contributed by atoms with Crippen LogP contribution in [0.25, 0.3) is 16.6 Å². The summed E-state index contributed by atoms with van der Waals surface area (Å²) in [6.07, 6.45) is 5.39. The summed E-state index contributed by atoms with van der Waals surface area (Å²) in [5.41, 5.74) is 9.09. The predicted molar refractivity (Wildman–Crippen MR) is 124 cm³/mol. The van der Waals surface area contributed by atoms with Crippen LogP contribution in [-0.4, -0.2) is 15.7 Å². The number of rotatable bonds is 5. The largest absolute Gasteiger partial charge is 0.369 e. The first-order valence-corrected chi connectivity index (χ1v) is 11.1. The van der Waals surface area contributed by atoms with Gasteiger partial charge in [-0.2, -0.15) is 5.10 Å². The normalized spacial score (nSPS) is 16.8. The van der Waals surface area contributed by atoms with Crippen molar-refractivity contribution in [3.05, 3.63) is 96.2 Å². The molecule has 3 aromatic carbocycles. The Balaban J connectivity index is 1.90. The van der Waals surface area contributed by atoms with Gasteiger partial charge in [-0.3, -0.25) is 4.79 Å². The third-order valence-electron chi connectivity index (χ3n) is 6.79. The zero-order valence-corrected chi connectivity index (χ0v) is 17.6. The lowest BCUT2D eigenvalue weighted by molar-refractivity contribution is -0.124. The van der Waals surface area contributed by atoms with Gasteiger partial charge in [0.2, 0.25) is 5.91 Å². The Morgan fingerprint density at radius 1 is 0.839 bits per heavy atom. The Bertz CT molecular complexity index is 1190. The molecule has 1 heterocycles. The van der Waals surface area contributed by atoms with Crippen LogP contribution in [0.4, 0.5) is 0 Å². The molecule has 1 fully saturated rings. The molecule has 4 nitrogen and oxygen atoms in total. The number of carbonyl (C=O) groups is 1. The number of hydrogen-bond acceptors (Lipinski definition) is 2. The average molecular weight is 410 g/mol. The lowest BCUT2D eigenvalue weighted by Crippen LogP contribution is -2.50. The third-order valence-corrected chi connectivity index (χ3v) is 6.79. The molecule has 156 valence electrons. The number of primary amides is 1. The van der Waals surface area contributed by atoms with Gasteiger partial charge in [0.15, 0.2) is 0 Å². The second-order valence-electron chi connectivity index (χ2n) is 8.49. The van der Waals surface area contributed by atoms with Crippen molar-refractivity contribution in [2.24, 2.45) is 11.7 Å². The van der Waals surface area contributed by atoms with Gasteiger partial charge in [-0.05, 0) is 42.5 Å². The topological polar surface area (TPSA) is 60.9 Å². The maximum atomic E-state index is 13.6. The van der Waals surface area contributed by atoms with E-state index in [4.69, 9.17) is 10.8 Å². The van der Waals surface area contributed by atoms with E-state index in [9.17, 15) is 4.79 Å². The fourth-order valence-corrected chi connectivity index (χ4v) is 5.43. The second kappa shape index (κ2) is 8.03. The smallest absolute Gasteiger partial charge is 0.234 e. The molecule has 0 radical (unpaired) electrons. The molecular formula is C27H27N3O. The van der Waals surface area contributed by atoms with Crippen molar-refractivity contribution in [1.29, 1.82) is 0 Å². The molecule has 2 N–H and O–H groups in total. The van der Waals surface area contributed by atoms with Crippen molar-refractivity contribution in [2.45, 2.75) is 37.5 Å². The van der Waals surface area contributed by atoms with Crippen molar-refractivity contribution < 1.29 is 4.79 Å². The van der Waals surface area contributed by atoms with Gasteiger partial charge in [-0.1, -0.05) is 86.0 Å². The molecule has 0 aliphatic heterocycles. The molecule has 1 aromatic heterocycles. The van der Waals surface area contributed by atoms with Crippen LogP contribution in [-0.2, 0) is 10.2 Å². The summed E-state index contributed by atoms with van der Waals surface area (Å²) in [6.45, 7) is 0. The molecule has 4 heteroatoms. The predicted octanol–water partition coefficient (Wildman–Crippen LogP) is 5.38. The summed E-state index contributed by atoms with van der Waals surface area (Å²) in [5.74, 6) is -0.169. The number of nitrogens with two attached hydrogens (primary N) is 1. The maximum absolute atomic E-state index is 13.6. The van der Waals surface area contributed by atoms with Crippen molar-refractivity contribution in [2.75, 3.05) is 0 Å². The van der Waals surface area contributed by atoms with Crippen LogP contribution in [0.2, 0.25) is 0 Å². The number of nitrogens with zero attached hydrogens (tertiary/aromatic N) is 2. The number of fused-ring (bicyclic) bond motifs is 1. The number of carbonyl (C=O) groups excluding carboxylic acids is 1. The standard InChI is InChI=1S/C27H27N3O/c28-26(31)27(20-12-4-1-5-13-20,21-14-6-2-7-15-21)25-23-18-10-11-19-24(23)29-30(25)22-16-8-3-9-17-22/h1,3-5,8-13,16-19,21H,2,6-7,14-15H2,(H2,28,31). The minimum absolute atomic E-state index is 0.128. The van der Waals surface area contributed by atoms with Crippen LogP contribution < -0.4 is 5.73 Å². The lowest BCUT2D eigenvalue weighted by Gasteiger charge is -2.41. The Hall–Kier alpha value is -3.40. The highest BCUT2D eigenvalue weighted by Gasteiger charge is 2.50. The Kier molecular flexibility index (Phi) is 5.06. The lowest BCUT2D eigenvalue weighted by atomic mass is 9.62. The molecule has 5 rings (SSSR count). The van der Waals surface area contributed by atoms with E-state index in [1.807, 2.05) is 71.4 Å². The Morgan fingerprint density at radius 2 is 1.45 bits per heavy atom. The van der Waals surface area contributed by atoms with E-state index < -0.39 is 5.41 Å². The van der Waals surface area contributed by atoms with Gasteiger partial charge in [-0.15, -0.1) is 0 Å². The first-order chi connectivity index (χ1) is 15.2. The first-order valence-electron chi connectivity index (χ1n) is 11.1. The van der Waals surface area contributed by atoms with Crippen LogP contribution in [0.1, 0.15) is 43.4 Å². The molecule has 1 atom stereocenters. The zero-order chi connectivity index (χ0) is 21.3. The summed E-state index contributed by atoms with van der Waals surface area (Å²) in [5, 5.41) is 5.95. The molecule has 31 heavy (non-hydrogen) atoms. The number of para-hydroxylation sites is 1. The monoisotopic (exact) mass is 409 g/mol. The van der Waals surface area contributed by atoms with Crippen LogP contribution in [0.5, 0.6) is 0 Å². The highest BCUT2D eigenvalue weighted by molar-refractivity contribution is 5.97. The van der Waals surface area contributed by atoms with Crippen LogP contribution in [0, 0.1) is 5.92 Å². The second-order valence-corrected chi connectivity index (χ2v) is 8.49. The van der Waals surface area contributed by atoms with E-state index in [2.05, 4.69) is 18.2 Å². The van der Waals surface area contributed by atoms with Crippen LogP contribution >= 0.6 is 0 Å².